The maximum Gasteiger partial charge on any atom is 0.255 e. The second-order valence-corrected chi connectivity index (χ2v) is 9.90. The number of aliphatic imine (C=N–C) groups is 1. The largest absolute Gasteiger partial charge is 0.493 e. The molecule has 4 rings (SSSR count). The van der Waals surface area contributed by atoms with Crippen molar-refractivity contribution in [1.29, 1.82) is 0 Å². The van der Waals surface area contributed by atoms with Crippen molar-refractivity contribution in [3.8, 4) is 17.2 Å². The monoisotopic (exact) mass is 560 g/mol. The van der Waals surface area contributed by atoms with Gasteiger partial charge in [-0.05, 0) is 55.3 Å². The van der Waals surface area contributed by atoms with E-state index in [-0.39, 0.29) is 17.6 Å². The molecule has 3 aromatic carbocycles. The van der Waals surface area contributed by atoms with E-state index in [9.17, 15) is 9.59 Å². The Hall–Kier alpha value is -4.44. The van der Waals surface area contributed by atoms with Crippen LogP contribution in [0, 0.1) is 6.92 Å². The van der Waals surface area contributed by atoms with Crippen molar-refractivity contribution in [2.45, 2.75) is 19.9 Å². The van der Waals surface area contributed by atoms with Crippen LogP contribution < -0.4 is 30.2 Å². The molecule has 0 saturated heterocycles. The van der Waals surface area contributed by atoms with Gasteiger partial charge in [0, 0.05) is 17.1 Å². The number of carbonyl (C=O) groups is 2. The Morgan fingerprint density at radius 3 is 2.17 bits per heavy atom. The molecule has 1 atom stereocenters. The highest BCUT2D eigenvalue weighted by molar-refractivity contribution is 8.14. The molecule has 3 aromatic rings. The third-order valence-electron chi connectivity index (χ3n) is 6.26. The van der Waals surface area contributed by atoms with Gasteiger partial charge in [-0.3, -0.25) is 9.59 Å². The number of amides is 2. The molecule has 1 aliphatic rings. The molecule has 0 spiro atoms. The van der Waals surface area contributed by atoms with Crippen LogP contribution in [0.2, 0.25) is 0 Å². The van der Waals surface area contributed by atoms with Crippen molar-refractivity contribution in [3.63, 3.8) is 0 Å². The Morgan fingerprint density at radius 2 is 1.55 bits per heavy atom. The van der Waals surface area contributed by atoms with E-state index in [0.717, 1.165) is 11.3 Å². The van der Waals surface area contributed by atoms with E-state index in [1.54, 1.807) is 12.1 Å². The molecule has 10 heteroatoms. The fourth-order valence-corrected chi connectivity index (χ4v) is 5.01. The van der Waals surface area contributed by atoms with Gasteiger partial charge >= 0.3 is 0 Å². The molecule has 2 amide bonds. The van der Waals surface area contributed by atoms with E-state index in [1.165, 1.54) is 33.1 Å². The molecule has 0 bridgehead atoms. The van der Waals surface area contributed by atoms with E-state index in [2.05, 4.69) is 16.0 Å². The Balaban J connectivity index is 1.65. The van der Waals surface area contributed by atoms with Crippen molar-refractivity contribution in [2.24, 2.45) is 4.99 Å². The third kappa shape index (κ3) is 6.58. The smallest absolute Gasteiger partial charge is 0.255 e. The first-order valence-electron chi connectivity index (χ1n) is 12.5. The number of ether oxygens (including phenoxy) is 3. The number of hydrogen-bond acceptors (Lipinski definition) is 8. The van der Waals surface area contributed by atoms with E-state index in [0.29, 0.717) is 44.9 Å². The van der Waals surface area contributed by atoms with Crippen molar-refractivity contribution >= 4 is 40.1 Å². The molecule has 0 aliphatic carbocycles. The number of aryl methyl sites for hydroxylation is 1. The van der Waals surface area contributed by atoms with Crippen LogP contribution in [0.4, 0.5) is 11.4 Å². The summed E-state index contributed by atoms with van der Waals surface area (Å²) in [6, 6.07) is 19.6. The Morgan fingerprint density at radius 1 is 0.900 bits per heavy atom. The third-order valence-corrected chi connectivity index (χ3v) is 7.14. The van der Waals surface area contributed by atoms with Gasteiger partial charge in [-0.15, -0.1) is 0 Å². The molecular formula is C30H32N4O5S. The molecule has 40 heavy (non-hydrogen) atoms. The lowest BCUT2D eigenvalue weighted by atomic mass is 9.95. The van der Waals surface area contributed by atoms with Crippen LogP contribution in [0.15, 0.2) is 83.0 Å². The van der Waals surface area contributed by atoms with Gasteiger partial charge in [0.2, 0.25) is 11.7 Å². The molecule has 208 valence electrons. The van der Waals surface area contributed by atoms with E-state index < -0.39 is 6.04 Å². The summed E-state index contributed by atoms with van der Waals surface area (Å²) >= 11 is 1.25. The summed E-state index contributed by atoms with van der Waals surface area (Å²) in [5.41, 5.74) is 4.10. The Labute approximate surface area is 238 Å². The van der Waals surface area contributed by atoms with Gasteiger partial charge in [0.1, 0.15) is 6.04 Å². The molecule has 0 radical (unpaired) electrons. The first kappa shape index (κ1) is 28.6. The summed E-state index contributed by atoms with van der Waals surface area (Å²) in [4.78, 5) is 31.1. The molecule has 0 unspecified atom stereocenters. The van der Waals surface area contributed by atoms with Gasteiger partial charge in [-0.2, -0.15) is 0 Å². The molecule has 3 N–H and O–H groups in total. The second-order valence-electron chi connectivity index (χ2n) is 8.93. The molecule has 0 aromatic heterocycles. The lowest BCUT2D eigenvalue weighted by Crippen LogP contribution is -2.32. The number of thioether (sulfide) groups is 1. The average molecular weight is 561 g/mol. The Kier molecular flexibility index (Phi) is 9.34. The minimum Gasteiger partial charge on any atom is -0.493 e. The summed E-state index contributed by atoms with van der Waals surface area (Å²) in [6.07, 6.45) is 0. The summed E-state index contributed by atoms with van der Waals surface area (Å²) in [7, 11) is 4.60. The van der Waals surface area contributed by atoms with Gasteiger partial charge in [-0.25, -0.2) is 4.99 Å². The van der Waals surface area contributed by atoms with E-state index in [1.807, 2.05) is 68.4 Å². The second kappa shape index (κ2) is 13.1. The molecular weight excluding hydrogens is 528 g/mol. The van der Waals surface area contributed by atoms with Crippen LogP contribution in [0.25, 0.3) is 0 Å². The fourth-order valence-electron chi connectivity index (χ4n) is 4.27. The molecule has 0 saturated carbocycles. The van der Waals surface area contributed by atoms with E-state index >= 15 is 0 Å². The molecule has 0 fully saturated rings. The van der Waals surface area contributed by atoms with Gasteiger partial charge in [-0.1, -0.05) is 48.2 Å². The number of nitrogens with one attached hydrogen (secondary N) is 3. The summed E-state index contributed by atoms with van der Waals surface area (Å²) in [5, 5.41) is 9.61. The highest BCUT2D eigenvalue weighted by Crippen LogP contribution is 2.43. The van der Waals surface area contributed by atoms with Crippen LogP contribution in [0.3, 0.4) is 0 Å². The van der Waals surface area contributed by atoms with Crippen LogP contribution >= 0.6 is 11.8 Å². The first-order chi connectivity index (χ1) is 19.3. The summed E-state index contributed by atoms with van der Waals surface area (Å²) in [6.45, 7) is 3.75. The molecule has 1 aliphatic heterocycles. The number of nitrogens with zero attached hydrogens (tertiary/aromatic N) is 1. The number of amidine groups is 1. The zero-order chi connectivity index (χ0) is 28.6. The topological polar surface area (TPSA) is 110 Å². The number of benzene rings is 3. The van der Waals surface area contributed by atoms with E-state index in [4.69, 9.17) is 19.2 Å². The molecule has 9 nitrogen and oxygen atoms in total. The predicted molar refractivity (Wildman–Crippen MR) is 159 cm³/mol. The minimum absolute atomic E-state index is 0.126. The number of carbonyl (C=O) groups excluding carboxylic acids is 2. The standard InChI is InChI=1S/C30H32N4O5S/c1-18-11-9-10-14-22(18)33-25(35)17-40-30-31-19(2)26(29(36)32-21-12-7-6-8-13-21)27(34-30)20-15-23(37-3)28(39-5)24(16-20)38-4/h6-16,27H,17H2,1-5H3,(H,31,34)(H,32,36)(H,33,35)/t27-/m1/s1. The van der Waals surface area contributed by atoms with Gasteiger partial charge < -0.3 is 30.2 Å². The fraction of sp³-hybridized carbons (Fsp3) is 0.233. The number of anilines is 2. The van der Waals surface area contributed by atoms with Crippen molar-refractivity contribution in [1.82, 2.24) is 5.32 Å². The molecule has 1 heterocycles. The average Bonchev–Trinajstić information content (AvgIpc) is 2.96. The SMILES string of the molecule is COc1cc([C@H]2N=C(SCC(=O)Nc3ccccc3C)NC(C)=C2C(=O)Nc2ccccc2)cc(OC)c1OC. The number of para-hydroxylation sites is 2. The zero-order valence-electron chi connectivity index (χ0n) is 23.0. The first-order valence-corrected chi connectivity index (χ1v) is 13.5. The van der Waals surface area contributed by atoms with Crippen molar-refractivity contribution < 1.29 is 23.8 Å². The number of hydrogen-bond donors (Lipinski definition) is 3. The summed E-state index contributed by atoms with van der Waals surface area (Å²) in [5.74, 6) is 0.976. The zero-order valence-corrected chi connectivity index (χ0v) is 23.8. The maximum atomic E-state index is 13.6. The highest BCUT2D eigenvalue weighted by Gasteiger charge is 2.31. The lowest BCUT2D eigenvalue weighted by Gasteiger charge is -2.27. The van der Waals surface area contributed by atoms with Gasteiger partial charge in [0.15, 0.2) is 16.7 Å². The van der Waals surface area contributed by atoms with Crippen LogP contribution in [-0.2, 0) is 9.59 Å². The van der Waals surface area contributed by atoms with Crippen LogP contribution in [0.5, 0.6) is 17.2 Å². The predicted octanol–water partition coefficient (Wildman–Crippen LogP) is 5.31. The highest BCUT2D eigenvalue weighted by atomic mass is 32.2. The van der Waals surface area contributed by atoms with Crippen molar-refractivity contribution in [3.05, 3.63) is 89.1 Å². The quantitative estimate of drug-likeness (QED) is 0.326. The number of allylic oxidation sites excluding steroid dienone is 1. The number of rotatable bonds is 9. The number of methoxy groups -OCH3 is 3. The summed E-state index contributed by atoms with van der Waals surface area (Å²) < 4.78 is 16.6. The van der Waals surface area contributed by atoms with Crippen LogP contribution in [0.1, 0.15) is 24.1 Å². The van der Waals surface area contributed by atoms with Crippen LogP contribution in [-0.4, -0.2) is 44.1 Å². The Bertz CT molecular complexity index is 1430. The normalized spacial score (nSPS) is 14.5. The van der Waals surface area contributed by atoms with Gasteiger partial charge in [0.05, 0.1) is 32.7 Å². The van der Waals surface area contributed by atoms with Crippen molar-refractivity contribution in [2.75, 3.05) is 37.7 Å². The lowest BCUT2D eigenvalue weighted by molar-refractivity contribution is -0.114. The minimum atomic E-state index is -0.708. The maximum absolute atomic E-state index is 13.6. The van der Waals surface area contributed by atoms with Gasteiger partial charge in [0.25, 0.3) is 5.91 Å².